The SMILES string of the molecule is COc1ccccc1NC(=O)c1ccc(NCCN(C)C)cn1. The van der Waals surface area contributed by atoms with Crippen molar-refractivity contribution in [1.29, 1.82) is 0 Å². The molecule has 0 spiro atoms. The van der Waals surface area contributed by atoms with Crippen LogP contribution in [-0.4, -0.2) is 50.1 Å². The number of nitrogens with zero attached hydrogens (tertiary/aromatic N) is 2. The zero-order valence-electron chi connectivity index (χ0n) is 13.7. The van der Waals surface area contributed by atoms with Crippen LogP contribution in [0.3, 0.4) is 0 Å². The molecule has 0 atom stereocenters. The number of aromatic nitrogens is 1. The molecule has 2 aromatic rings. The second-order valence-electron chi connectivity index (χ2n) is 5.32. The summed E-state index contributed by atoms with van der Waals surface area (Å²) in [4.78, 5) is 18.5. The van der Waals surface area contributed by atoms with Crippen molar-refractivity contribution in [2.75, 3.05) is 44.9 Å². The van der Waals surface area contributed by atoms with Gasteiger partial charge in [0.15, 0.2) is 0 Å². The van der Waals surface area contributed by atoms with E-state index in [0.717, 1.165) is 18.8 Å². The van der Waals surface area contributed by atoms with Crippen molar-refractivity contribution in [3.63, 3.8) is 0 Å². The maximum absolute atomic E-state index is 12.2. The topological polar surface area (TPSA) is 66.5 Å². The molecule has 1 amide bonds. The molecule has 0 bridgehead atoms. The quantitative estimate of drug-likeness (QED) is 0.821. The molecule has 23 heavy (non-hydrogen) atoms. The van der Waals surface area contributed by atoms with Crippen LogP contribution in [-0.2, 0) is 0 Å². The second-order valence-corrected chi connectivity index (χ2v) is 5.32. The molecular formula is C17H22N4O2. The number of hydrogen-bond acceptors (Lipinski definition) is 5. The van der Waals surface area contributed by atoms with Gasteiger partial charge in [-0.15, -0.1) is 0 Å². The summed E-state index contributed by atoms with van der Waals surface area (Å²) in [6.45, 7) is 1.75. The first-order chi connectivity index (χ1) is 11.1. The number of likely N-dealkylation sites (N-methyl/N-ethyl adjacent to an activating group) is 1. The fraction of sp³-hybridized carbons (Fsp3) is 0.294. The summed E-state index contributed by atoms with van der Waals surface area (Å²) in [5.74, 6) is 0.345. The van der Waals surface area contributed by atoms with E-state index in [1.807, 2.05) is 32.3 Å². The van der Waals surface area contributed by atoms with Crippen LogP contribution in [0.5, 0.6) is 5.75 Å². The number of methoxy groups -OCH3 is 1. The third-order valence-electron chi connectivity index (χ3n) is 3.24. The number of rotatable bonds is 7. The van der Waals surface area contributed by atoms with Crippen molar-refractivity contribution in [1.82, 2.24) is 9.88 Å². The van der Waals surface area contributed by atoms with Crippen LogP contribution >= 0.6 is 0 Å². The second kappa shape index (κ2) is 8.14. The minimum Gasteiger partial charge on any atom is -0.495 e. The molecule has 6 heteroatoms. The molecule has 2 rings (SSSR count). The Kier molecular flexibility index (Phi) is 5.94. The van der Waals surface area contributed by atoms with Gasteiger partial charge in [0.2, 0.25) is 0 Å². The number of benzene rings is 1. The van der Waals surface area contributed by atoms with Crippen molar-refractivity contribution < 1.29 is 9.53 Å². The van der Waals surface area contributed by atoms with Crippen molar-refractivity contribution in [2.24, 2.45) is 0 Å². The highest BCUT2D eigenvalue weighted by molar-refractivity contribution is 6.03. The summed E-state index contributed by atoms with van der Waals surface area (Å²) in [6, 6.07) is 10.8. The summed E-state index contributed by atoms with van der Waals surface area (Å²) in [6.07, 6.45) is 1.66. The van der Waals surface area contributed by atoms with E-state index in [2.05, 4.69) is 20.5 Å². The van der Waals surface area contributed by atoms with E-state index < -0.39 is 0 Å². The predicted molar refractivity (Wildman–Crippen MR) is 92.2 cm³/mol. The van der Waals surface area contributed by atoms with Gasteiger partial charge in [-0.1, -0.05) is 12.1 Å². The lowest BCUT2D eigenvalue weighted by Crippen LogP contribution is -2.21. The molecule has 1 aromatic heterocycles. The molecule has 0 radical (unpaired) electrons. The van der Waals surface area contributed by atoms with Crippen LogP contribution in [0.15, 0.2) is 42.6 Å². The Morgan fingerprint density at radius 1 is 1.22 bits per heavy atom. The Bertz CT molecular complexity index is 641. The molecule has 0 aliphatic carbocycles. The number of para-hydroxylation sites is 2. The maximum Gasteiger partial charge on any atom is 0.274 e. The van der Waals surface area contributed by atoms with Gasteiger partial charge in [-0.2, -0.15) is 0 Å². The van der Waals surface area contributed by atoms with Gasteiger partial charge in [0.25, 0.3) is 5.91 Å². The average molecular weight is 314 g/mol. The van der Waals surface area contributed by atoms with Crippen LogP contribution in [0.2, 0.25) is 0 Å². The number of ether oxygens (including phenoxy) is 1. The van der Waals surface area contributed by atoms with Gasteiger partial charge in [0, 0.05) is 13.1 Å². The summed E-state index contributed by atoms with van der Waals surface area (Å²) < 4.78 is 5.22. The van der Waals surface area contributed by atoms with Crippen LogP contribution in [0.25, 0.3) is 0 Å². The highest BCUT2D eigenvalue weighted by Gasteiger charge is 2.10. The van der Waals surface area contributed by atoms with Gasteiger partial charge in [-0.25, -0.2) is 4.98 Å². The first kappa shape index (κ1) is 16.8. The lowest BCUT2D eigenvalue weighted by Gasteiger charge is -2.12. The summed E-state index contributed by atoms with van der Waals surface area (Å²) in [5.41, 5.74) is 1.87. The minimum absolute atomic E-state index is 0.269. The van der Waals surface area contributed by atoms with Gasteiger partial charge >= 0.3 is 0 Å². The van der Waals surface area contributed by atoms with Crippen molar-refractivity contribution in [3.8, 4) is 5.75 Å². The molecule has 0 unspecified atom stereocenters. The lowest BCUT2D eigenvalue weighted by molar-refractivity contribution is 0.102. The number of anilines is 2. The van der Waals surface area contributed by atoms with Crippen LogP contribution < -0.4 is 15.4 Å². The number of hydrogen-bond donors (Lipinski definition) is 2. The van der Waals surface area contributed by atoms with Gasteiger partial charge in [-0.3, -0.25) is 4.79 Å². The van der Waals surface area contributed by atoms with E-state index in [9.17, 15) is 4.79 Å². The molecule has 0 saturated carbocycles. The van der Waals surface area contributed by atoms with E-state index in [1.165, 1.54) is 0 Å². The normalized spacial score (nSPS) is 10.4. The van der Waals surface area contributed by atoms with Gasteiger partial charge in [0.05, 0.1) is 24.7 Å². The van der Waals surface area contributed by atoms with Gasteiger partial charge in [0.1, 0.15) is 11.4 Å². The Morgan fingerprint density at radius 3 is 2.65 bits per heavy atom. The first-order valence-electron chi connectivity index (χ1n) is 7.39. The summed E-state index contributed by atoms with van der Waals surface area (Å²) >= 11 is 0. The maximum atomic E-state index is 12.2. The number of nitrogens with one attached hydrogen (secondary N) is 2. The largest absolute Gasteiger partial charge is 0.495 e. The number of pyridine rings is 1. The van der Waals surface area contributed by atoms with Crippen molar-refractivity contribution >= 4 is 17.3 Å². The average Bonchev–Trinajstić information content (AvgIpc) is 2.55. The van der Waals surface area contributed by atoms with Crippen LogP contribution in [0.1, 0.15) is 10.5 Å². The zero-order valence-corrected chi connectivity index (χ0v) is 13.7. The number of amides is 1. The predicted octanol–water partition coefficient (Wildman–Crippen LogP) is 2.32. The van der Waals surface area contributed by atoms with E-state index >= 15 is 0 Å². The molecule has 0 aliphatic rings. The van der Waals surface area contributed by atoms with Crippen molar-refractivity contribution in [2.45, 2.75) is 0 Å². The summed E-state index contributed by atoms with van der Waals surface area (Å²) in [5, 5.41) is 6.06. The third kappa shape index (κ3) is 4.96. The molecule has 0 saturated heterocycles. The summed E-state index contributed by atoms with van der Waals surface area (Å²) in [7, 11) is 5.61. The van der Waals surface area contributed by atoms with E-state index in [-0.39, 0.29) is 5.91 Å². The Labute approximate surface area is 136 Å². The van der Waals surface area contributed by atoms with E-state index in [1.54, 1.807) is 31.5 Å². The van der Waals surface area contributed by atoms with Crippen LogP contribution in [0, 0.1) is 0 Å². The number of carbonyl (C=O) groups excluding carboxylic acids is 1. The fourth-order valence-electron chi connectivity index (χ4n) is 1.99. The molecule has 1 heterocycles. The first-order valence-corrected chi connectivity index (χ1v) is 7.39. The van der Waals surface area contributed by atoms with E-state index in [0.29, 0.717) is 17.1 Å². The van der Waals surface area contributed by atoms with Gasteiger partial charge in [-0.05, 0) is 38.4 Å². The fourth-order valence-corrected chi connectivity index (χ4v) is 1.99. The third-order valence-corrected chi connectivity index (χ3v) is 3.24. The minimum atomic E-state index is -0.269. The molecular weight excluding hydrogens is 292 g/mol. The highest BCUT2D eigenvalue weighted by atomic mass is 16.5. The Morgan fingerprint density at radius 2 is 2.00 bits per heavy atom. The molecule has 0 aliphatic heterocycles. The lowest BCUT2D eigenvalue weighted by atomic mass is 10.2. The smallest absolute Gasteiger partial charge is 0.274 e. The standard InChI is InChI=1S/C17H22N4O2/c1-21(2)11-10-18-13-8-9-15(19-12-13)17(22)20-14-6-4-5-7-16(14)23-3/h4-9,12,18H,10-11H2,1-3H3,(H,20,22). The Hall–Kier alpha value is -2.60. The van der Waals surface area contributed by atoms with E-state index in [4.69, 9.17) is 4.74 Å². The monoisotopic (exact) mass is 314 g/mol. The number of carbonyl (C=O) groups is 1. The van der Waals surface area contributed by atoms with Crippen molar-refractivity contribution in [3.05, 3.63) is 48.3 Å². The van der Waals surface area contributed by atoms with Crippen LogP contribution in [0.4, 0.5) is 11.4 Å². The molecule has 1 aromatic carbocycles. The Balaban J connectivity index is 1.97. The molecule has 2 N–H and O–H groups in total. The molecule has 0 fully saturated rings. The highest BCUT2D eigenvalue weighted by Crippen LogP contribution is 2.23. The molecule has 122 valence electrons. The molecule has 6 nitrogen and oxygen atoms in total. The zero-order chi connectivity index (χ0) is 16.7. The van der Waals surface area contributed by atoms with Gasteiger partial charge < -0.3 is 20.3 Å².